The molecule has 0 saturated carbocycles. The van der Waals surface area contributed by atoms with Crippen LogP contribution in [0.25, 0.3) is 0 Å². The van der Waals surface area contributed by atoms with Gasteiger partial charge in [0.15, 0.2) is 0 Å². The number of nitrogens with zero attached hydrogens (tertiary/aromatic N) is 2. The zero-order valence-electron chi connectivity index (χ0n) is 9.77. The van der Waals surface area contributed by atoms with Crippen LogP contribution in [0, 0.1) is 13.8 Å². The third-order valence-electron chi connectivity index (χ3n) is 2.64. The Hall–Kier alpha value is -1.55. The molecule has 4 heteroatoms. The second-order valence-electron chi connectivity index (χ2n) is 4.11. The molecule has 2 aromatic heterocycles. The van der Waals surface area contributed by atoms with Crippen LogP contribution in [0.4, 0.5) is 0 Å². The number of furan rings is 1. The average Bonchev–Trinajstić information content (AvgIpc) is 2.74. The summed E-state index contributed by atoms with van der Waals surface area (Å²) in [4.78, 5) is 0. The highest BCUT2D eigenvalue weighted by Gasteiger charge is 2.13. The van der Waals surface area contributed by atoms with E-state index in [0.717, 1.165) is 22.7 Å². The Morgan fingerprint density at radius 1 is 1.44 bits per heavy atom. The van der Waals surface area contributed by atoms with Gasteiger partial charge in [-0.25, -0.2) is 0 Å². The summed E-state index contributed by atoms with van der Waals surface area (Å²) in [5.41, 5.74) is 2.80. The molecule has 16 heavy (non-hydrogen) atoms. The zero-order valence-corrected chi connectivity index (χ0v) is 9.77. The highest BCUT2D eigenvalue weighted by atomic mass is 16.3. The van der Waals surface area contributed by atoms with Gasteiger partial charge in [0, 0.05) is 24.7 Å². The van der Waals surface area contributed by atoms with Crippen LogP contribution in [0.2, 0.25) is 0 Å². The number of hydrogen-bond acceptors (Lipinski definition) is 3. The molecule has 2 rings (SSSR count). The normalized spacial score (nSPS) is 13.0. The lowest BCUT2D eigenvalue weighted by Gasteiger charge is -2.07. The van der Waals surface area contributed by atoms with E-state index in [9.17, 15) is 5.11 Å². The molecule has 0 aliphatic heterocycles. The summed E-state index contributed by atoms with van der Waals surface area (Å²) >= 11 is 0. The minimum absolute atomic E-state index is 0.535. The Kier molecular flexibility index (Phi) is 2.83. The molecule has 0 aliphatic carbocycles. The molecule has 2 aromatic rings. The van der Waals surface area contributed by atoms with Crippen molar-refractivity contribution in [3.05, 3.63) is 41.1 Å². The van der Waals surface area contributed by atoms with E-state index < -0.39 is 6.10 Å². The first-order valence-electron chi connectivity index (χ1n) is 5.29. The van der Waals surface area contributed by atoms with Crippen molar-refractivity contribution in [3.63, 3.8) is 0 Å². The van der Waals surface area contributed by atoms with Gasteiger partial charge in [-0.2, -0.15) is 5.10 Å². The van der Waals surface area contributed by atoms with Crippen LogP contribution in [0.3, 0.4) is 0 Å². The zero-order chi connectivity index (χ0) is 11.7. The molecular weight excluding hydrogens is 204 g/mol. The number of aryl methyl sites for hydroxylation is 3. The van der Waals surface area contributed by atoms with E-state index in [1.807, 2.05) is 33.0 Å². The van der Waals surface area contributed by atoms with Crippen molar-refractivity contribution >= 4 is 0 Å². The Morgan fingerprint density at radius 2 is 2.19 bits per heavy atom. The largest absolute Gasteiger partial charge is 0.469 e. The van der Waals surface area contributed by atoms with Crippen molar-refractivity contribution < 1.29 is 9.52 Å². The fraction of sp³-hybridized carbons (Fsp3) is 0.417. The van der Waals surface area contributed by atoms with E-state index in [1.165, 1.54) is 0 Å². The van der Waals surface area contributed by atoms with Gasteiger partial charge in [0.05, 0.1) is 18.1 Å². The summed E-state index contributed by atoms with van der Waals surface area (Å²) < 4.78 is 6.97. The molecule has 0 radical (unpaired) electrons. The third kappa shape index (κ3) is 2.17. The third-order valence-corrected chi connectivity index (χ3v) is 2.64. The predicted molar refractivity (Wildman–Crippen MR) is 60.1 cm³/mol. The van der Waals surface area contributed by atoms with Crippen molar-refractivity contribution in [2.24, 2.45) is 7.05 Å². The maximum Gasteiger partial charge on any atom is 0.101 e. The summed E-state index contributed by atoms with van der Waals surface area (Å²) in [6, 6.07) is 3.84. The molecule has 4 nitrogen and oxygen atoms in total. The van der Waals surface area contributed by atoms with Gasteiger partial charge in [0.2, 0.25) is 0 Å². The minimum atomic E-state index is -0.535. The van der Waals surface area contributed by atoms with Gasteiger partial charge in [-0.15, -0.1) is 0 Å². The predicted octanol–water partition coefficient (Wildman–Crippen LogP) is 1.91. The smallest absolute Gasteiger partial charge is 0.101 e. The molecule has 1 atom stereocenters. The number of hydrogen-bond donors (Lipinski definition) is 1. The van der Waals surface area contributed by atoms with Gasteiger partial charge in [0.1, 0.15) is 5.76 Å². The van der Waals surface area contributed by atoms with Crippen LogP contribution in [0.1, 0.15) is 28.8 Å². The fourth-order valence-corrected chi connectivity index (χ4v) is 1.81. The first-order valence-corrected chi connectivity index (χ1v) is 5.29. The summed E-state index contributed by atoms with van der Waals surface area (Å²) in [7, 11) is 1.88. The van der Waals surface area contributed by atoms with E-state index in [0.29, 0.717) is 6.42 Å². The molecule has 0 aliphatic rings. The van der Waals surface area contributed by atoms with Gasteiger partial charge >= 0.3 is 0 Å². The first-order chi connectivity index (χ1) is 7.56. The molecule has 0 fully saturated rings. The van der Waals surface area contributed by atoms with Gasteiger partial charge < -0.3 is 9.52 Å². The van der Waals surface area contributed by atoms with Crippen LogP contribution in [0.15, 0.2) is 22.8 Å². The molecule has 0 amide bonds. The Morgan fingerprint density at radius 3 is 2.69 bits per heavy atom. The Balaban J connectivity index is 2.13. The molecule has 0 saturated heterocycles. The topological polar surface area (TPSA) is 51.2 Å². The average molecular weight is 220 g/mol. The molecule has 1 N–H and O–H groups in total. The maximum absolute atomic E-state index is 10.0. The van der Waals surface area contributed by atoms with Gasteiger partial charge in [-0.05, 0) is 26.0 Å². The molecule has 1 unspecified atom stereocenters. The standard InChI is InChI=1S/C12H16N2O2/c1-8-4-11(14(3)13-8)6-12(15)10-5-9(2)16-7-10/h4-5,7,12,15H,6H2,1-3H3. The van der Waals surface area contributed by atoms with E-state index in [4.69, 9.17) is 4.42 Å². The molecule has 0 bridgehead atoms. The lowest BCUT2D eigenvalue weighted by molar-refractivity contribution is 0.175. The van der Waals surface area contributed by atoms with Crippen molar-refractivity contribution in [3.8, 4) is 0 Å². The van der Waals surface area contributed by atoms with Crippen LogP contribution in [-0.2, 0) is 13.5 Å². The second kappa shape index (κ2) is 4.14. The lowest BCUT2D eigenvalue weighted by Crippen LogP contribution is -2.05. The van der Waals surface area contributed by atoms with Crippen molar-refractivity contribution in [1.29, 1.82) is 0 Å². The number of aliphatic hydroxyl groups excluding tert-OH is 1. The van der Waals surface area contributed by atoms with E-state index in [1.54, 1.807) is 10.9 Å². The molecular formula is C12H16N2O2. The highest BCUT2D eigenvalue weighted by Crippen LogP contribution is 2.20. The molecule has 2 heterocycles. The number of rotatable bonds is 3. The number of aliphatic hydroxyl groups is 1. The van der Waals surface area contributed by atoms with Crippen LogP contribution >= 0.6 is 0 Å². The van der Waals surface area contributed by atoms with Crippen LogP contribution in [0.5, 0.6) is 0 Å². The second-order valence-corrected chi connectivity index (χ2v) is 4.11. The van der Waals surface area contributed by atoms with E-state index >= 15 is 0 Å². The summed E-state index contributed by atoms with van der Waals surface area (Å²) in [5, 5.41) is 14.3. The molecule has 0 aromatic carbocycles. The molecule has 86 valence electrons. The first kappa shape index (κ1) is 11.0. The van der Waals surface area contributed by atoms with Crippen LogP contribution < -0.4 is 0 Å². The van der Waals surface area contributed by atoms with Crippen molar-refractivity contribution in [1.82, 2.24) is 9.78 Å². The quantitative estimate of drug-likeness (QED) is 0.859. The minimum Gasteiger partial charge on any atom is -0.469 e. The summed E-state index contributed by atoms with van der Waals surface area (Å²) in [6.45, 7) is 3.81. The van der Waals surface area contributed by atoms with Gasteiger partial charge in [0.25, 0.3) is 0 Å². The van der Waals surface area contributed by atoms with Crippen molar-refractivity contribution in [2.75, 3.05) is 0 Å². The summed E-state index contributed by atoms with van der Waals surface area (Å²) in [5.74, 6) is 0.815. The van der Waals surface area contributed by atoms with E-state index in [2.05, 4.69) is 5.10 Å². The summed E-state index contributed by atoms with van der Waals surface area (Å²) in [6.07, 6.45) is 1.62. The van der Waals surface area contributed by atoms with Crippen molar-refractivity contribution in [2.45, 2.75) is 26.4 Å². The Labute approximate surface area is 94.5 Å². The fourth-order valence-electron chi connectivity index (χ4n) is 1.81. The van der Waals surface area contributed by atoms with E-state index in [-0.39, 0.29) is 0 Å². The number of aromatic nitrogens is 2. The highest BCUT2D eigenvalue weighted by molar-refractivity contribution is 5.18. The van der Waals surface area contributed by atoms with Crippen LogP contribution in [-0.4, -0.2) is 14.9 Å². The lowest BCUT2D eigenvalue weighted by atomic mass is 10.1. The van der Waals surface area contributed by atoms with Gasteiger partial charge in [-0.1, -0.05) is 0 Å². The van der Waals surface area contributed by atoms with Gasteiger partial charge in [-0.3, -0.25) is 4.68 Å². The SMILES string of the molecule is Cc1cc(CC(O)c2coc(C)c2)n(C)n1. The molecule has 0 spiro atoms. The Bertz CT molecular complexity index is 485. The monoisotopic (exact) mass is 220 g/mol. The maximum atomic E-state index is 10.0.